The summed E-state index contributed by atoms with van der Waals surface area (Å²) in [5, 5.41) is 0. The van der Waals surface area contributed by atoms with Gasteiger partial charge in [0.05, 0.1) is 0 Å². The van der Waals surface area contributed by atoms with E-state index in [1.54, 1.807) is 6.08 Å². The molecule has 0 radical (unpaired) electrons. The Kier molecular flexibility index (Phi) is 15.2. The van der Waals surface area contributed by atoms with Crippen LogP contribution < -0.4 is 0 Å². The molecule has 0 amide bonds. The molecule has 0 saturated heterocycles. The first-order chi connectivity index (χ1) is 9.81. The highest BCUT2D eigenvalue weighted by molar-refractivity contribution is 5.69. The number of allylic oxidation sites excluding steroid dienone is 2. The maximum Gasteiger partial charge on any atom is 0.306 e. The van der Waals surface area contributed by atoms with Gasteiger partial charge < -0.3 is 4.74 Å². The normalized spacial score (nSPS) is 10.8. The van der Waals surface area contributed by atoms with Crippen LogP contribution in [0.15, 0.2) is 24.8 Å². The zero-order chi connectivity index (χ0) is 14.9. The van der Waals surface area contributed by atoms with Crippen molar-refractivity contribution in [2.75, 3.05) is 6.61 Å². The van der Waals surface area contributed by atoms with E-state index in [9.17, 15) is 4.79 Å². The van der Waals surface area contributed by atoms with Crippen LogP contribution in [-0.4, -0.2) is 12.6 Å². The monoisotopic (exact) mass is 280 g/mol. The van der Waals surface area contributed by atoms with Gasteiger partial charge >= 0.3 is 5.97 Å². The van der Waals surface area contributed by atoms with Gasteiger partial charge in [-0.3, -0.25) is 4.79 Å². The highest BCUT2D eigenvalue weighted by Gasteiger charge is 2.00. The van der Waals surface area contributed by atoms with Gasteiger partial charge in [-0.2, -0.15) is 0 Å². The Labute approximate surface area is 125 Å². The van der Waals surface area contributed by atoms with Crippen LogP contribution in [0.3, 0.4) is 0 Å². The van der Waals surface area contributed by atoms with Gasteiger partial charge in [0, 0.05) is 6.42 Å². The zero-order valence-corrected chi connectivity index (χ0v) is 13.2. The number of rotatable bonds is 14. The molecule has 0 saturated carbocycles. The van der Waals surface area contributed by atoms with Crippen molar-refractivity contribution in [3.05, 3.63) is 24.8 Å². The average Bonchev–Trinajstić information content (AvgIpc) is 2.46. The molecule has 0 N–H and O–H groups in total. The predicted molar refractivity (Wildman–Crippen MR) is 86.8 cm³/mol. The van der Waals surface area contributed by atoms with Crippen LogP contribution in [0, 0.1) is 0 Å². The molecule has 0 aliphatic rings. The summed E-state index contributed by atoms with van der Waals surface area (Å²) in [6.45, 7) is 6.09. The molecule has 116 valence electrons. The van der Waals surface area contributed by atoms with Gasteiger partial charge in [0.15, 0.2) is 0 Å². The first-order valence-electron chi connectivity index (χ1n) is 8.22. The van der Waals surface area contributed by atoms with Crippen LogP contribution in [-0.2, 0) is 9.53 Å². The van der Waals surface area contributed by atoms with Crippen molar-refractivity contribution in [3.63, 3.8) is 0 Å². The van der Waals surface area contributed by atoms with E-state index in [0.29, 0.717) is 13.0 Å². The van der Waals surface area contributed by atoms with E-state index >= 15 is 0 Å². The molecule has 0 bridgehead atoms. The molecule has 0 unspecified atom stereocenters. The predicted octanol–water partition coefficient (Wildman–Crippen LogP) is 5.58. The minimum Gasteiger partial charge on any atom is -0.461 e. The maximum atomic E-state index is 11.2. The molecule has 0 heterocycles. The largest absolute Gasteiger partial charge is 0.461 e. The van der Waals surface area contributed by atoms with Gasteiger partial charge in [-0.1, -0.05) is 63.8 Å². The third-order valence-electron chi connectivity index (χ3n) is 3.25. The van der Waals surface area contributed by atoms with E-state index < -0.39 is 0 Å². The lowest BCUT2D eigenvalue weighted by atomic mass is 10.1. The number of carbonyl (C=O) groups is 1. The molecule has 20 heavy (non-hydrogen) atoms. The molecule has 0 aliphatic carbocycles. The highest BCUT2D eigenvalue weighted by Crippen LogP contribution is 2.09. The molecule has 0 atom stereocenters. The number of carbonyl (C=O) groups excluding carboxylic acids is 1. The summed E-state index contributed by atoms with van der Waals surface area (Å²) >= 11 is 0. The first kappa shape index (κ1) is 18.9. The summed E-state index contributed by atoms with van der Waals surface area (Å²) in [6.07, 6.45) is 19.0. The molecule has 0 fully saturated rings. The molecular weight excluding hydrogens is 248 g/mol. The van der Waals surface area contributed by atoms with Gasteiger partial charge in [-0.15, -0.1) is 0 Å². The second-order valence-corrected chi connectivity index (χ2v) is 5.25. The molecule has 0 aromatic heterocycles. The van der Waals surface area contributed by atoms with E-state index in [-0.39, 0.29) is 5.97 Å². The molecule has 0 rings (SSSR count). The van der Waals surface area contributed by atoms with Crippen LogP contribution in [0.1, 0.15) is 77.6 Å². The summed E-state index contributed by atoms with van der Waals surface area (Å²) in [5.74, 6) is -0.0973. The first-order valence-corrected chi connectivity index (χ1v) is 8.22. The third kappa shape index (κ3) is 15.0. The molecule has 2 heteroatoms. The fourth-order valence-electron chi connectivity index (χ4n) is 2.03. The summed E-state index contributed by atoms with van der Waals surface area (Å²) in [6, 6.07) is 0. The van der Waals surface area contributed by atoms with Crippen LogP contribution >= 0.6 is 0 Å². The summed E-state index contributed by atoms with van der Waals surface area (Å²) < 4.78 is 4.92. The van der Waals surface area contributed by atoms with Crippen LogP contribution in [0.25, 0.3) is 0 Å². The van der Waals surface area contributed by atoms with Crippen molar-refractivity contribution in [2.24, 2.45) is 0 Å². The lowest BCUT2D eigenvalue weighted by Crippen LogP contribution is -2.03. The van der Waals surface area contributed by atoms with Crippen LogP contribution in [0.4, 0.5) is 0 Å². The molecule has 0 spiro atoms. The van der Waals surface area contributed by atoms with Gasteiger partial charge in [-0.25, -0.2) is 0 Å². The van der Waals surface area contributed by atoms with Gasteiger partial charge in [0.25, 0.3) is 0 Å². The SMILES string of the molecule is C=CCOC(=O)CCCCCCCC=CCCCCC. The fraction of sp³-hybridized carbons (Fsp3) is 0.722. The summed E-state index contributed by atoms with van der Waals surface area (Å²) in [5.41, 5.74) is 0. The number of esters is 1. The molecule has 0 aromatic rings. The minimum atomic E-state index is -0.0973. The maximum absolute atomic E-state index is 11.2. The Morgan fingerprint density at radius 3 is 2.20 bits per heavy atom. The quantitative estimate of drug-likeness (QED) is 0.236. The molecular formula is C18H32O2. The van der Waals surface area contributed by atoms with E-state index in [1.165, 1.54) is 51.4 Å². The van der Waals surface area contributed by atoms with Gasteiger partial charge in [0.2, 0.25) is 0 Å². The highest BCUT2D eigenvalue weighted by atomic mass is 16.5. The van der Waals surface area contributed by atoms with E-state index in [2.05, 4.69) is 25.7 Å². The summed E-state index contributed by atoms with van der Waals surface area (Å²) in [7, 11) is 0. The van der Waals surface area contributed by atoms with Crippen molar-refractivity contribution in [2.45, 2.75) is 77.6 Å². The van der Waals surface area contributed by atoms with Gasteiger partial charge in [-0.05, 0) is 32.1 Å². The van der Waals surface area contributed by atoms with Gasteiger partial charge in [0.1, 0.15) is 6.61 Å². The van der Waals surface area contributed by atoms with Crippen molar-refractivity contribution in [3.8, 4) is 0 Å². The third-order valence-corrected chi connectivity index (χ3v) is 3.25. The smallest absolute Gasteiger partial charge is 0.306 e. The number of hydrogen-bond donors (Lipinski definition) is 0. The minimum absolute atomic E-state index is 0.0973. The average molecular weight is 280 g/mol. The Hall–Kier alpha value is -1.05. The fourth-order valence-corrected chi connectivity index (χ4v) is 2.03. The van der Waals surface area contributed by atoms with Crippen molar-refractivity contribution in [1.29, 1.82) is 0 Å². The Morgan fingerprint density at radius 1 is 0.950 bits per heavy atom. The van der Waals surface area contributed by atoms with Crippen molar-refractivity contribution < 1.29 is 9.53 Å². The van der Waals surface area contributed by atoms with Crippen molar-refractivity contribution in [1.82, 2.24) is 0 Å². The number of unbranched alkanes of at least 4 members (excludes halogenated alkanes) is 8. The van der Waals surface area contributed by atoms with Crippen LogP contribution in [0.2, 0.25) is 0 Å². The zero-order valence-electron chi connectivity index (χ0n) is 13.2. The Morgan fingerprint density at radius 2 is 1.55 bits per heavy atom. The van der Waals surface area contributed by atoms with Crippen molar-refractivity contribution >= 4 is 5.97 Å². The molecule has 0 aliphatic heterocycles. The van der Waals surface area contributed by atoms with Crippen LogP contribution in [0.5, 0.6) is 0 Å². The number of hydrogen-bond acceptors (Lipinski definition) is 2. The second-order valence-electron chi connectivity index (χ2n) is 5.25. The summed E-state index contributed by atoms with van der Waals surface area (Å²) in [4.78, 5) is 11.2. The van der Waals surface area contributed by atoms with E-state index in [4.69, 9.17) is 4.74 Å². The lowest BCUT2D eigenvalue weighted by Gasteiger charge is -2.02. The van der Waals surface area contributed by atoms with E-state index in [0.717, 1.165) is 12.8 Å². The Bertz CT molecular complexity index is 256. The topological polar surface area (TPSA) is 26.3 Å². The standard InChI is InChI=1S/C18H32O2/c1-3-5-6-7-8-9-10-11-12-13-14-15-16-18(19)20-17-4-2/h4,8-9H,2-3,5-7,10-17H2,1H3. The van der Waals surface area contributed by atoms with E-state index in [1.807, 2.05) is 0 Å². The molecule has 0 aromatic carbocycles. The lowest BCUT2D eigenvalue weighted by molar-refractivity contribution is -0.142. The Balaban J connectivity index is 3.16. The molecule has 2 nitrogen and oxygen atoms in total. The number of ether oxygens (including phenoxy) is 1. The second kappa shape index (κ2) is 16.0.